The van der Waals surface area contributed by atoms with Crippen LogP contribution in [0.3, 0.4) is 0 Å². The van der Waals surface area contributed by atoms with Crippen molar-refractivity contribution in [2.24, 2.45) is 4.99 Å². The molecule has 9 heteroatoms. The van der Waals surface area contributed by atoms with Gasteiger partial charge in [0.2, 0.25) is 0 Å². The quantitative estimate of drug-likeness (QED) is 0.333. The average molecular weight is 560 g/mol. The van der Waals surface area contributed by atoms with Crippen molar-refractivity contribution in [2.75, 3.05) is 20.0 Å². The van der Waals surface area contributed by atoms with Crippen LogP contribution in [0.25, 0.3) is 6.08 Å². The van der Waals surface area contributed by atoms with Gasteiger partial charge in [0.05, 0.1) is 35.6 Å². The van der Waals surface area contributed by atoms with Crippen molar-refractivity contribution in [3.8, 4) is 5.75 Å². The van der Waals surface area contributed by atoms with Crippen molar-refractivity contribution in [3.63, 3.8) is 0 Å². The number of nitrogens with zero attached hydrogens (tertiary/aromatic N) is 2. The second-order valence-electron chi connectivity index (χ2n) is 7.46. The highest BCUT2D eigenvalue weighted by molar-refractivity contribution is 9.10. The van der Waals surface area contributed by atoms with E-state index in [-0.39, 0.29) is 12.2 Å². The number of thiazole rings is 1. The summed E-state index contributed by atoms with van der Waals surface area (Å²) in [5.74, 6) is 0.187. The van der Waals surface area contributed by atoms with Crippen LogP contribution in [0.2, 0.25) is 0 Å². The van der Waals surface area contributed by atoms with E-state index in [1.165, 1.54) is 11.3 Å². The van der Waals surface area contributed by atoms with E-state index in [2.05, 4.69) is 20.9 Å². The molecule has 3 aromatic rings. The molecule has 1 unspecified atom stereocenters. The normalized spacial score (nSPS) is 15.7. The molecule has 0 spiro atoms. The highest BCUT2D eigenvalue weighted by atomic mass is 79.9. The highest BCUT2D eigenvalue weighted by Gasteiger charge is 2.33. The average Bonchev–Trinajstić information content (AvgIpc) is 3.13. The Morgan fingerprint density at radius 2 is 2.00 bits per heavy atom. The molecule has 0 amide bonds. The summed E-state index contributed by atoms with van der Waals surface area (Å²) < 4.78 is 13.8. The lowest BCUT2D eigenvalue weighted by molar-refractivity contribution is -0.139. The van der Waals surface area contributed by atoms with E-state index in [0.717, 1.165) is 20.5 Å². The molecule has 1 aliphatic heterocycles. The molecule has 6 nitrogen and oxygen atoms in total. The second-order valence-corrected chi connectivity index (χ2v) is 10.3. The minimum atomic E-state index is -0.627. The first-order valence-electron chi connectivity index (χ1n) is 10.5. The molecule has 2 heterocycles. The fraction of sp³-hybridized carbons (Fsp3) is 0.240. The summed E-state index contributed by atoms with van der Waals surface area (Å²) >= 11 is 6.39. The standard InChI is InChI=1S/C25H23BrN2O4S2/c1-5-32-24(30)21-14(2)27-25-28(22(21)15-6-9-18(33-4)10-7-15)23(29)20(34-25)13-16-12-17(26)8-11-19(16)31-3/h6-13,22H,5H2,1-4H3. The molecule has 0 fully saturated rings. The van der Waals surface area contributed by atoms with Gasteiger partial charge in [-0.1, -0.05) is 39.4 Å². The van der Waals surface area contributed by atoms with Crippen LogP contribution in [0.4, 0.5) is 0 Å². The van der Waals surface area contributed by atoms with E-state index >= 15 is 0 Å². The number of ether oxygens (including phenoxy) is 2. The Kier molecular flexibility index (Phi) is 7.45. The fourth-order valence-electron chi connectivity index (χ4n) is 3.85. The van der Waals surface area contributed by atoms with E-state index in [1.807, 2.05) is 48.7 Å². The van der Waals surface area contributed by atoms with Gasteiger partial charge >= 0.3 is 5.97 Å². The number of carbonyl (C=O) groups is 1. The minimum Gasteiger partial charge on any atom is -0.496 e. The summed E-state index contributed by atoms with van der Waals surface area (Å²) in [6.45, 7) is 3.78. The molecule has 0 saturated carbocycles. The Morgan fingerprint density at radius 3 is 2.65 bits per heavy atom. The summed E-state index contributed by atoms with van der Waals surface area (Å²) in [5, 5.41) is 0. The SMILES string of the molecule is CCOC(=O)C1=C(C)N=c2sc(=Cc3cc(Br)ccc3OC)c(=O)n2C1c1ccc(SC)cc1. The maximum atomic E-state index is 13.7. The van der Waals surface area contributed by atoms with E-state index in [9.17, 15) is 9.59 Å². The number of hydrogen-bond acceptors (Lipinski definition) is 7. The number of methoxy groups -OCH3 is 1. The first-order valence-corrected chi connectivity index (χ1v) is 13.4. The Hall–Kier alpha value is -2.62. The zero-order valence-electron chi connectivity index (χ0n) is 19.1. The van der Waals surface area contributed by atoms with Crippen molar-refractivity contribution in [1.29, 1.82) is 0 Å². The second kappa shape index (κ2) is 10.3. The lowest BCUT2D eigenvalue weighted by Crippen LogP contribution is -2.39. The van der Waals surface area contributed by atoms with Gasteiger partial charge in [-0.25, -0.2) is 9.79 Å². The third-order valence-corrected chi connectivity index (χ3v) is 7.65. The lowest BCUT2D eigenvalue weighted by atomic mass is 9.96. The zero-order chi connectivity index (χ0) is 24.4. The number of fused-ring (bicyclic) bond motifs is 1. The highest BCUT2D eigenvalue weighted by Crippen LogP contribution is 2.32. The van der Waals surface area contributed by atoms with Gasteiger partial charge < -0.3 is 9.47 Å². The van der Waals surface area contributed by atoms with Crippen LogP contribution in [-0.2, 0) is 9.53 Å². The molecule has 0 aliphatic carbocycles. The predicted octanol–water partition coefficient (Wildman–Crippen LogP) is 4.29. The summed E-state index contributed by atoms with van der Waals surface area (Å²) in [5.41, 5.74) is 2.29. The summed E-state index contributed by atoms with van der Waals surface area (Å²) in [6, 6.07) is 12.9. The van der Waals surface area contributed by atoms with Crippen LogP contribution in [0.1, 0.15) is 31.0 Å². The Bertz CT molecular complexity index is 1460. The molecule has 2 aromatic carbocycles. The summed E-state index contributed by atoms with van der Waals surface area (Å²) in [7, 11) is 1.59. The van der Waals surface area contributed by atoms with E-state index in [0.29, 0.717) is 26.4 Å². The van der Waals surface area contributed by atoms with Crippen LogP contribution in [-0.4, -0.2) is 30.5 Å². The van der Waals surface area contributed by atoms with Crippen molar-refractivity contribution < 1.29 is 14.3 Å². The number of halogens is 1. The van der Waals surface area contributed by atoms with Crippen LogP contribution >= 0.6 is 39.0 Å². The van der Waals surface area contributed by atoms with E-state index in [4.69, 9.17) is 9.47 Å². The predicted molar refractivity (Wildman–Crippen MR) is 139 cm³/mol. The third-order valence-electron chi connectivity index (χ3n) is 5.43. The van der Waals surface area contributed by atoms with Crippen LogP contribution in [0.15, 0.2) is 72.9 Å². The van der Waals surface area contributed by atoms with Crippen LogP contribution in [0.5, 0.6) is 5.75 Å². The number of benzene rings is 2. The number of aromatic nitrogens is 1. The van der Waals surface area contributed by atoms with E-state index in [1.54, 1.807) is 43.4 Å². The summed E-state index contributed by atoms with van der Waals surface area (Å²) in [6.07, 6.45) is 3.80. The van der Waals surface area contributed by atoms with Gasteiger partial charge in [-0.3, -0.25) is 9.36 Å². The number of thioether (sulfide) groups is 1. The van der Waals surface area contributed by atoms with E-state index < -0.39 is 12.0 Å². The summed E-state index contributed by atoms with van der Waals surface area (Å²) in [4.78, 5) is 32.9. The van der Waals surface area contributed by atoms with Crippen LogP contribution < -0.4 is 19.6 Å². The van der Waals surface area contributed by atoms with Gasteiger partial charge in [0.1, 0.15) is 5.75 Å². The number of allylic oxidation sites excluding steroid dienone is 1. The molecule has 0 saturated heterocycles. The van der Waals surface area contributed by atoms with Crippen molar-refractivity contribution >= 4 is 51.1 Å². The third kappa shape index (κ3) is 4.64. The Balaban J connectivity index is 1.96. The first-order chi connectivity index (χ1) is 16.4. The number of esters is 1. The fourth-order valence-corrected chi connectivity index (χ4v) is 5.68. The molecular weight excluding hydrogens is 536 g/mol. The number of hydrogen-bond donors (Lipinski definition) is 0. The number of rotatable bonds is 6. The smallest absolute Gasteiger partial charge is 0.338 e. The molecular formula is C25H23BrN2O4S2. The van der Waals surface area contributed by atoms with Crippen molar-refractivity contribution in [3.05, 3.63) is 89.0 Å². The maximum absolute atomic E-state index is 13.7. The molecule has 1 atom stereocenters. The van der Waals surface area contributed by atoms with Gasteiger partial charge in [0, 0.05) is 14.9 Å². The van der Waals surface area contributed by atoms with Crippen molar-refractivity contribution in [2.45, 2.75) is 24.8 Å². The van der Waals surface area contributed by atoms with Gasteiger partial charge in [0.25, 0.3) is 5.56 Å². The zero-order valence-corrected chi connectivity index (χ0v) is 22.3. The molecule has 4 rings (SSSR count). The number of carbonyl (C=O) groups excluding carboxylic acids is 1. The van der Waals surface area contributed by atoms with Crippen molar-refractivity contribution in [1.82, 2.24) is 4.57 Å². The van der Waals surface area contributed by atoms with Gasteiger partial charge in [0.15, 0.2) is 4.80 Å². The van der Waals surface area contributed by atoms with Gasteiger partial charge in [-0.2, -0.15) is 0 Å². The largest absolute Gasteiger partial charge is 0.496 e. The Labute approximate surface area is 213 Å². The monoisotopic (exact) mass is 558 g/mol. The lowest BCUT2D eigenvalue weighted by Gasteiger charge is -2.24. The maximum Gasteiger partial charge on any atom is 0.338 e. The van der Waals surface area contributed by atoms with Crippen LogP contribution in [0, 0.1) is 0 Å². The molecule has 176 valence electrons. The molecule has 0 radical (unpaired) electrons. The first kappa shape index (κ1) is 24.5. The topological polar surface area (TPSA) is 69.9 Å². The van der Waals surface area contributed by atoms with Gasteiger partial charge in [-0.15, -0.1) is 11.8 Å². The minimum absolute atomic E-state index is 0.223. The molecule has 1 aliphatic rings. The molecule has 34 heavy (non-hydrogen) atoms. The van der Waals surface area contributed by atoms with Gasteiger partial charge in [-0.05, 0) is 62.1 Å². The molecule has 1 aromatic heterocycles. The molecule has 0 bridgehead atoms. The Morgan fingerprint density at radius 1 is 1.26 bits per heavy atom. The molecule has 0 N–H and O–H groups in total.